The van der Waals surface area contributed by atoms with Crippen molar-refractivity contribution in [2.75, 3.05) is 13.3 Å². The average molecular weight is 194 g/mol. The highest BCUT2D eigenvalue weighted by Crippen LogP contribution is 2.23. The van der Waals surface area contributed by atoms with E-state index in [1.54, 1.807) is 23.7 Å². The lowest BCUT2D eigenvalue weighted by Gasteiger charge is -2.03. The Labute approximate surface area is 81.1 Å². The van der Waals surface area contributed by atoms with E-state index < -0.39 is 0 Å². The number of carbonyl (C=O) groups is 1. The molecule has 0 N–H and O–H groups in total. The number of rotatable bonds is 1. The van der Waals surface area contributed by atoms with E-state index in [2.05, 4.69) is 4.98 Å². The summed E-state index contributed by atoms with van der Waals surface area (Å²) < 4.78 is 0. The lowest BCUT2D eigenvalue weighted by Crippen LogP contribution is -2.17. The second-order valence-electron chi connectivity index (χ2n) is 3.03. The first-order valence-electron chi connectivity index (χ1n) is 4.00. The predicted octanol–water partition coefficient (Wildman–Crippen LogP) is 1.39. The van der Waals surface area contributed by atoms with Crippen LogP contribution in [0.15, 0.2) is 17.2 Å². The minimum Gasteiger partial charge on any atom is -0.336 e. The van der Waals surface area contributed by atoms with Crippen molar-refractivity contribution in [3.8, 4) is 0 Å². The van der Waals surface area contributed by atoms with Crippen molar-refractivity contribution in [2.24, 2.45) is 0 Å². The van der Waals surface area contributed by atoms with E-state index in [0.717, 1.165) is 16.2 Å². The minimum atomic E-state index is 0.0819. The van der Waals surface area contributed by atoms with Crippen molar-refractivity contribution in [1.82, 2.24) is 9.88 Å². The highest BCUT2D eigenvalue weighted by atomic mass is 32.2. The largest absolute Gasteiger partial charge is 0.336 e. The molecule has 68 valence electrons. The van der Waals surface area contributed by atoms with Gasteiger partial charge in [0.15, 0.2) is 0 Å². The fraction of sp³-hybridized carbons (Fsp3) is 0.333. The van der Waals surface area contributed by atoms with Crippen molar-refractivity contribution in [3.05, 3.63) is 23.5 Å². The van der Waals surface area contributed by atoms with E-state index in [4.69, 9.17) is 0 Å². The van der Waals surface area contributed by atoms with Gasteiger partial charge in [0, 0.05) is 18.1 Å². The quantitative estimate of drug-likeness (QED) is 0.633. The molecule has 1 amide bonds. The molecule has 13 heavy (non-hydrogen) atoms. The van der Waals surface area contributed by atoms with Crippen LogP contribution >= 0.6 is 11.8 Å². The Balaban J connectivity index is 2.48. The standard InChI is InChI=1S/C9H10N2OS/c1-11-5-8-7(9(11)12)3-6(13-2)4-10-8/h3-4H,5H2,1-2H3. The summed E-state index contributed by atoms with van der Waals surface area (Å²) >= 11 is 1.60. The van der Waals surface area contributed by atoms with Crippen LogP contribution in [-0.2, 0) is 6.54 Å². The lowest BCUT2D eigenvalue weighted by atomic mass is 10.2. The highest BCUT2D eigenvalue weighted by molar-refractivity contribution is 7.98. The maximum atomic E-state index is 11.5. The van der Waals surface area contributed by atoms with Gasteiger partial charge < -0.3 is 4.90 Å². The second-order valence-corrected chi connectivity index (χ2v) is 3.91. The molecule has 2 heterocycles. The first kappa shape index (κ1) is 8.56. The van der Waals surface area contributed by atoms with Gasteiger partial charge >= 0.3 is 0 Å². The third kappa shape index (κ3) is 1.31. The monoisotopic (exact) mass is 194 g/mol. The molecule has 4 heteroatoms. The van der Waals surface area contributed by atoms with Gasteiger partial charge in [0.1, 0.15) is 0 Å². The summed E-state index contributed by atoms with van der Waals surface area (Å²) in [5.41, 5.74) is 1.65. The van der Waals surface area contributed by atoms with E-state index in [9.17, 15) is 4.79 Å². The summed E-state index contributed by atoms with van der Waals surface area (Å²) in [6, 6.07) is 1.92. The molecule has 1 aromatic rings. The normalized spacial score (nSPS) is 14.9. The molecule has 1 aliphatic heterocycles. The zero-order valence-corrected chi connectivity index (χ0v) is 8.39. The Morgan fingerprint density at radius 3 is 3.08 bits per heavy atom. The van der Waals surface area contributed by atoms with Crippen LogP contribution < -0.4 is 0 Å². The van der Waals surface area contributed by atoms with Crippen LogP contribution in [0.4, 0.5) is 0 Å². The van der Waals surface area contributed by atoms with E-state index in [1.165, 1.54) is 0 Å². The van der Waals surface area contributed by atoms with Gasteiger partial charge in [0.2, 0.25) is 0 Å². The average Bonchev–Trinajstić information content (AvgIpc) is 2.43. The molecule has 0 atom stereocenters. The van der Waals surface area contributed by atoms with Gasteiger partial charge in [-0.1, -0.05) is 0 Å². The SMILES string of the molecule is CSc1cnc2c(c1)C(=O)N(C)C2. The van der Waals surface area contributed by atoms with E-state index in [0.29, 0.717) is 6.54 Å². The van der Waals surface area contributed by atoms with Gasteiger partial charge in [-0.15, -0.1) is 11.8 Å². The van der Waals surface area contributed by atoms with Crippen molar-refractivity contribution in [3.63, 3.8) is 0 Å². The molecule has 3 nitrogen and oxygen atoms in total. The first-order chi connectivity index (χ1) is 6.22. The molecule has 0 spiro atoms. The van der Waals surface area contributed by atoms with Gasteiger partial charge in [-0.25, -0.2) is 0 Å². The van der Waals surface area contributed by atoms with Gasteiger partial charge in [-0.2, -0.15) is 0 Å². The van der Waals surface area contributed by atoms with E-state index in [-0.39, 0.29) is 5.91 Å². The molecule has 0 unspecified atom stereocenters. The maximum Gasteiger partial charge on any atom is 0.255 e. The molecule has 0 aromatic carbocycles. The third-order valence-electron chi connectivity index (χ3n) is 2.14. The number of fused-ring (bicyclic) bond motifs is 1. The molecule has 1 aromatic heterocycles. The number of carbonyl (C=O) groups excluding carboxylic acids is 1. The van der Waals surface area contributed by atoms with Crippen LogP contribution in [0.1, 0.15) is 16.1 Å². The molecular weight excluding hydrogens is 184 g/mol. The third-order valence-corrected chi connectivity index (χ3v) is 2.84. The molecular formula is C9H10N2OS. The fourth-order valence-electron chi connectivity index (χ4n) is 1.40. The summed E-state index contributed by atoms with van der Waals surface area (Å²) in [4.78, 5) is 18.5. The Hall–Kier alpha value is -1.03. The maximum absolute atomic E-state index is 11.5. The Morgan fingerprint density at radius 1 is 1.62 bits per heavy atom. The minimum absolute atomic E-state index is 0.0819. The van der Waals surface area contributed by atoms with Crippen LogP contribution in [0.3, 0.4) is 0 Å². The molecule has 1 aliphatic rings. The zero-order valence-electron chi connectivity index (χ0n) is 7.57. The number of pyridine rings is 1. The summed E-state index contributed by atoms with van der Waals surface area (Å²) in [5, 5.41) is 0. The zero-order chi connectivity index (χ0) is 9.42. The number of hydrogen-bond donors (Lipinski definition) is 0. The second kappa shape index (κ2) is 3.03. The lowest BCUT2D eigenvalue weighted by molar-refractivity contribution is 0.0816. The van der Waals surface area contributed by atoms with Crippen molar-refractivity contribution in [2.45, 2.75) is 11.4 Å². The van der Waals surface area contributed by atoms with E-state index >= 15 is 0 Å². The Morgan fingerprint density at radius 2 is 2.38 bits per heavy atom. The smallest absolute Gasteiger partial charge is 0.255 e. The van der Waals surface area contributed by atoms with Gasteiger partial charge in [-0.3, -0.25) is 9.78 Å². The molecule has 0 aliphatic carbocycles. The fourth-order valence-corrected chi connectivity index (χ4v) is 1.79. The first-order valence-corrected chi connectivity index (χ1v) is 5.23. The van der Waals surface area contributed by atoms with E-state index in [1.807, 2.05) is 18.5 Å². The van der Waals surface area contributed by atoms with Crippen LogP contribution in [0, 0.1) is 0 Å². The number of thioether (sulfide) groups is 1. The number of hydrogen-bond acceptors (Lipinski definition) is 3. The van der Waals surface area contributed by atoms with Gasteiger partial charge in [-0.05, 0) is 12.3 Å². The summed E-state index contributed by atoms with van der Waals surface area (Å²) in [6.45, 7) is 0.642. The van der Waals surface area contributed by atoms with Crippen LogP contribution in [-0.4, -0.2) is 29.1 Å². The summed E-state index contributed by atoms with van der Waals surface area (Å²) in [7, 11) is 1.79. The molecule has 0 radical (unpaired) electrons. The summed E-state index contributed by atoms with van der Waals surface area (Å²) in [6.07, 6.45) is 3.79. The van der Waals surface area contributed by atoms with Crippen molar-refractivity contribution >= 4 is 17.7 Å². The number of aromatic nitrogens is 1. The van der Waals surface area contributed by atoms with Gasteiger partial charge in [0.25, 0.3) is 5.91 Å². The topological polar surface area (TPSA) is 33.2 Å². The Bertz CT molecular complexity index is 365. The van der Waals surface area contributed by atoms with Gasteiger partial charge in [0.05, 0.1) is 17.8 Å². The number of amides is 1. The molecule has 2 rings (SSSR count). The molecule has 0 saturated heterocycles. The van der Waals surface area contributed by atoms with Crippen LogP contribution in [0.2, 0.25) is 0 Å². The molecule has 0 bridgehead atoms. The van der Waals surface area contributed by atoms with Crippen molar-refractivity contribution in [1.29, 1.82) is 0 Å². The molecule has 0 fully saturated rings. The molecule has 0 saturated carbocycles. The highest BCUT2D eigenvalue weighted by Gasteiger charge is 2.25. The van der Waals surface area contributed by atoms with Crippen molar-refractivity contribution < 1.29 is 4.79 Å². The predicted molar refractivity (Wildman–Crippen MR) is 51.8 cm³/mol. The van der Waals surface area contributed by atoms with Crippen LogP contribution in [0.5, 0.6) is 0 Å². The number of nitrogens with zero attached hydrogens (tertiary/aromatic N) is 2. The van der Waals surface area contributed by atoms with Crippen LogP contribution in [0.25, 0.3) is 0 Å². The Kier molecular flexibility index (Phi) is 2.00. The summed E-state index contributed by atoms with van der Waals surface area (Å²) in [5.74, 6) is 0.0819.